The molecule has 254 valence electrons. The lowest BCUT2D eigenvalue weighted by atomic mass is 9.53. The normalized spacial score (nSPS) is 36.5. The first kappa shape index (κ1) is 33.1. The van der Waals surface area contributed by atoms with Crippen LogP contribution in [0, 0.1) is 16.7 Å². The third kappa shape index (κ3) is 5.70. The minimum atomic E-state index is -1.21. The number of fused-ring (bicyclic) bond motifs is 4. The largest absolute Gasteiger partial charge is 0.504 e. The maximum absolute atomic E-state index is 14.2. The molecule has 12 nitrogen and oxygen atoms in total. The molecule has 3 aliphatic heterocycles. The van der Waals surface area contributed by atoms with Crippen molar-refractivity contribution in [1.82, 2.24) is 14.7 Å². The minimum Gasteiger partial charge on any atom is -0.504 e. The Hall–Kier alpha value is -2.77. The number of aliphatic hydroxyl groups is 2. The van der Waals surface area contributed by atoms with Crippen LogP contribution >= 0.6 is 0 Å². The molecule has 3 aliphatic carbocycles. The van der Waals surface area contributed by atoms with Crippen molar-refractivity contribution in [3.63, 3.8) is 0 Å². The number of aliphatic hydroxyl groups excluding tert-OH is 2. The maximum atomic E-state index is 14.2. The van der Waals surface area contributed by atoms with Crippen LogP contribution in [0.25, 0.3) is 0 Å². The number of piperazine rings is 1. The molecule has 6 rings (SSSR count). The van der Waals surface area contributed by atoms with E-state index in [2.05, 4.69) is 14.7 Å². The van der Waals surface area contributed by atoms with Crippen LogP contribution in [0.1, 0.15) is 46.5 Å². The van der Waals surface area contributed by atoms with E-state index in [0.29, 0.717) is 43.5 Å². The van der Waals surface area contributed by atoms with Gasteiger partial charge in [-0.1, -0.05) is 6.92 Å². The van der Waals surface area contributed by atoms with E-state index in [-0.39, 0.29) is 23.7 Å². The van der Waals surface area contributed by atoms with Gasteiger partial charge in [0, 0.05) is 76.1 Å². The standard InChI is InChI=1S/C34H49N3O9/c1-21(38)45-24-18-33(2)23(6-7-25(33)39)27-29(24)34(3)26(20-43-4)46-32(42)22(28(34)31(41)30(27)40)19-37-12-10-35(11-13-37)8-5-9-36-14-16-44-17-15-36/h19,23-26,39,41H,5-18,20H2,1-4H3/b22-19+/t23-,24+,25-,26+,33-,34-/m0/s1. The van der Waals surface area contributed by atoms with Crippen LogP contribution in [0.5, 0.6) is 0 Å². The molecule has 6 atom stereocenters. The zero-order valence-corrected chi connectivity index (χ0v) is 27.6. The van der Waals surface area contributed by atoms with Gasteiger partial charge in [-0.15, -0.1) is 0 Å². The fraction of sp³-hybridized carbons (Fsp3) is 0.735. The lowest BCUT2D eigenvalue weighted by Gasteiger charge is -2.54. The summed E-state index contributed by atoms with van der Waals surface area (Å²) < 4.78 is 22.9. The number of carbonyl (C=O) groups is 3. The highest BCUT2D eigenvalue weighted by Crippen LogP contribution is 2.63. The Kier molecular flexibility index (Phi) is 9.39. The number of ether oxygens (including phenoxy) is 4. The Morgan fingerprint density at radius 3 is 2.37 bits per heavy atom. The van der Waals surface area contributed by atoms with Crippen LogP contribution < -0.4 is 0 Å². The van der Waals surface area contributed by atoms with E-state index in [1.807, 2.05) is 13.8 Å². The molecule has 4 fully saturated rings. The van der Waals surface area contributed by atoms with Crippen molar-refractivity contribution in [3.8, 4) is 0 Å². The first-order chi connectivity index (χ1) is 22.0. The van der Waals surface area contributed by atoms with E-state index in [1.165, 1.54) is 14.0 Å². The smallest absolute Gasteiger partial charge is 0.340 e. The van der Waals surface area contributed by atoms with E-state index >= 15 is 0 Å². The Balaban J connectivity index is 1.30. The van der Waals surface area contributed by atoms with Crippen molar-refractivity contribution in [1.29, 1.82) is 0 Å². The molecular weight excluding hydrogens is 594 g/mol. The molecule has 0 bridgehead atoms. The highest BCUT2D eigenvalue weighted by Gasteiger charge is 2.64. The summed E-state index contributed by atoms with van der Waals surface area (Å²) in [5.41, 5.74) is -0.687. The van der Waals surface area contributed by atoms with Gasteiger partial charge < -0.3 is 34.1 Å². The highest BCUT2D eigenvalue weighted by atomic mass is 16.6. The van der Waals surface area contributed by atoms with Gasteiger partial charge in [-0.2, -0.15) is 0 Å². The number of nitrogens with zero attached hydrogens (tertiary/aromatic N) is 3. The van der Waals surface area contributed by atoms with Crippen molar-refractivity contribution in [2.75, 3.05) is 79.3 Å². The topological polar surface area (TPSA) is 138 Å². The molecule has 0 radical (unpaired) electrons. The third-order valence-corrected chi connectivity index (χ3v) is 11.4. The number of morpholine rings is 1. The Bertz CT molecular complexity index is 1330. The fourth-order valence-corrected chi connectivity index (χ4v) is 8.91. The fourth-order valence-electron chi connectivity index (χ4n) is 8.91. The molecule has 0 amide bonds. The second-order valence-electron chi connectivity index (χ2n) is 14.1. The average molecular weight is 644 g/mol. The second-order valence-corrected chi connectivity index (χ2v) is 14.1. The molecule has 46 heavy (non-hydrogen) atoms. The molecule has 0 aromatic heterocycles. The molecule has 3 saturated heterocycles. The molecule has 0 spiro atoms. The SMILES string of the molecule is COC[C@H]1OC(=O)/C(=C/N2CCN(CCCN3CCOCC3)CC2)C2=C(O)C(=O)C3=C([C@H](OC(C)=O)C[C@]4(C)[C@@H](O)CC[C@@H]34)[C@]21C. The monoisotopic (exact) mass is 643 g/mol. The molecule has 0 unspecified atom stereocenters. The summed E-state index contributed by atoms with van der Waals surface area (Å²) in [6.45, 7) is 13.7. The van der Waals surface area contributed by atoms with Gasteiger partial charge >= 0.3 is 11.9 Å². The Labute approximate surface area is 270 Å². The zero-order chi connectivity index (χ0) is 32.8. The van der Waals surface area contributed by atoms with Crippen molar-refractivity contribution in [2.24, 2.45) is 16.7 Å². The van der Waals surface area contributed by atoms with Crippen LogP contribution in [0.15, 0.2) is 34.3 Å². The van der Waals surface area contributed by atoms with E-state index in [4.69, 9.17) is 18.9 Å². The summed E-state index contributed by atoms with van der Waals surface area (Å²) in [6.07, 6.45) is 1.75. The lowest BCUT2D eigenvalue weighted by molar-refractivity contribution is -0.161. The third-order valence-electron chi connectivity index (χ3n) is 11.4. The van der Waals surface area contributed by atoms with E-state index in [0.717, 1.165) is 58.9 Å². The van der Waals surface area contributed by atoms with Gasteiger partial charge in [-0.25, -0.2) is 4.79 Å². The number of ketones is 1. The van der Waals surface area contributed by atoms with Crippen molar-refractivity contribution >= 4 is 17.7 Å². The lowest BCUT2D eigenvalue weighted by Crippen LogP contribution is -2.57. The molecule has 12 heteroatoms. The number of esters is 2. The van der Waals surface area contributed by atoms with Crippen molar-refractivity contribution < 1.29 is 43.5 Å². The Morgan fingerprint density at radius 1 is 1.04 bits per heavy atom. The van der Waals surface area contributed by atoms with Crippen LogP contribution in [0.3, 0.4) is 0 Å². The number of Topliss-reactive ketones (excluding diaryl/α,β-unsaturated/α-hetero) is 1. The summed E-state index contributed by atoms with van der Waals surface area (Å²) in [6, 6.07) is 0. The average Bonchev–Trinajstić information content (AvgIpc) is 3.32. The number of hydrogen-bond acceptors (Lipinski definition) is 12. The molecule has 0 aromatic carbocycles. The number of methoxy groups -OCH3 is 1. The predicted octanol–water partition coefficient (Wildman–Crippen LogP) is 1.59. The number of allylic oxidation sites excluding steroid dienone is 1. The molecule has 2 N–H and O–H groups in total. The van der Waals surface area contributed by atoms with Gasteiger partial charge in [-0.05, 0) is 57.2 Å². The highest BCUT2D eigenvalue weighted by molar-refractivity contribution is 6.13. The zero-order valence-electron chi connectivity index (χ0n) is 27.6. The number of rotatable bonds is 8. The van der Waals surface area contributed by atoms with Gasteiger partial charge in [0.25, 0.3) is 0 Å². The maximum Gasteiger partial charge on any atom is 0.340 e. The molecule has 6 aliphatic rings. The van der Waals surface area contributed by atoms with Gasteiger partial charge in [0.05, 0.1) is 36.9 Å². The van der Waals surface area contributed by atoms with Crippen LogP contribution in [-0.4, -0.2) is 140 Å². The summed E-state index contributed by atoms with van der Waals surface area (Å²) in [5, 5.41) is 22.8. The summed E-state index contributed by atoms with van der Waals surface area (Å²) in [5.74, 6) is -2.56. The minimum absolute atomic E-state index is 0.0117. The van der Waals surface area contributed by atoms with Gasteiger partial charge in [0.1, 0.15) is 12.2 Å². The van der Waals surface area contributed by atoms with E-state index in [1.54, 1.807) is 6.20 Å². The molecule has 0 aromatic rings. The summed E-state index contributed by atoms with van der Waals surface area (Å²) >= 11 is 0. The summed E-state index contributed by atoms with van der Waals surface area (Å²) in [7, 11) is 1.50. The second kappa shape index (κ2) is 13.0. The molecule has 3 heterocycles. The first-order valence-electron chi connectivity index (χ1n) is 16.8. The quantitative estimate of drug-likeness (QED) is 0.294. The molecular formula is C34H49N3O9. The van der Waals surface area contributed by atoms with Crippen LogP contribution in [0.2, 0.25) is 0 Å². The number of hydrogen-bond donors (Lipinski definition) is 2. The van der Waals surface area contributed by atoms with Gasteiger partial charge in [-0.3, -0.25) is 19.4 Å². The van der Waals surface area contributed by atoms with Crippen LogP contribution in [0.4, 0.5) is 0 Å². The van der Waals surface area contributed by atoms with E-state index < -0.39 is 52.6 Å². The van der Waals surface area contributed by atoms with Crippen molar-refractivity contribution in [3.05, 3.63) is 34.3 Å². The van der Waals surface area contributed by atoms with Crippen LogP contribution in [-0.2, 0) is 33.3 Å². The number of cyclic esters (lactones) is 1. The van der Waals surface area contributed by atoms with Gasteiger partial charge in [0.2, 0.25) is 5.78 Å². The number of carbonyl (C=O) groups excluding carboxylic acids is 3. The van der Waals surface area contributed by atoms with Crippen molar-refractivity contribution in [2.45, 2.75) is 64.8 Å². The predicted molar refractivity (Wildman–Crippen MR) is 167 cm³/mol. The first-order valence-corrected chi connectivity index (χ1v) is 16.8. The molecule has 1 saturated carbocycles. The Morgan fingerprint density at radius 2 is 1.72 bits per heavy atom. The summed E-state index contributed by atoms with van der Waals surface area (Å²) in [4.78, 5) is 47.2. The van der Waals surface area contributed by atoms with E-state index in [9.17, 15) is 24.6 Å². The van der Waals surface area contributed by atoms with Gasteiger partial charge in [0.15, 0.2) is 5.76 Å².